The van der Waals surface area contributed by atoms with Crippen LogP contribution in [0.3, 0.4) is 0 Å². The van der Waals surface area contributed by atoms with Crippen LogP contribution in [0.2, 0.25) is 0 Å². The quantitative estimate of drug-likeness (QED) is 0.372. The van der Waals surface area contributed by atoms with Gasteiger partial charge in [-0.3, -0.25) is 0 Å². The molecule has 2 aromatic heterocycles. The van der Waals surface area contributed by atoms with Gasteiger partial charge in [-0.1, -0.05) is 19.3 Å². The highest BCUT2D eigenvalue weighted by Crippen LogP contribution is 2.40. The molecule has 3 aromatic rings. The van der Waals surface area contributed by atoms with E-state index in [1.54, 1.807) is 18.2 Å². The molecule has 0 bridgehead atoms. The van der Waals surface area contributed by atoms with Gasteiger partial charge >= 0.3 is 5.97 Å². The molecular weight excluding hydrogens is 395 g/mol. The predicted octanol–water partition coefficient (Wildman–Crippen LogP) is 6.31. The van der Waals surface area contributed by atoms with E-state index >= 15 is 0 Å². The summed E-state index contributed by atoms with van der Waals surface area (Å²) >= 11 is 0. The number of hydrogen-bond acceptors (Lipinski definition) is 5. The second-order valence-electron chi connectivity index (χ2n) is 8.08. The van der Waals surface area contributed by atoms with Crippen molar-refractivity contribution < 1.29 is 18.3 Å². The average molecular weight is 423 g/mol. The van der Waals surface area contributed by atoms with Crippen molar-refractivity contribution in [2.24, 2.45) is 5.92 Å². The van der Waals surface area contributed by atoms with Gasteiger partial charge in [-0.25, -0.2) is 9.78 Å². The van der Waals surface area contributed by atoms with Gasteiger partial charge in [0.2, 0.25) is 5.95 Å². The van der Waals surface area contributed by atoms with Gasteiger partial charge in [-0.05, 0) is 68.1 Å². The van der Waals surface area contributed by atoms with E-state index in [1.165, 1.54) is 38.6 Å². The maximum atomic E-state index is 13.2. The number of rotatable bonds is 6. The fraction of sp³-hybridized carbons (Fsp3) is 0.360. The third kappa shape index (κ3) is 4.79. The molecular formula is C25H27FN2O3. The fourth-order valence-electron chi connectivity index (χ4n) is 4.39. The number of hydrogen-bond donors (Lipinski definition) is 1. The normalized spacial score (nSPS) is 15.5. The van der Waals surface area contributed by atoms with E-state index in [4.69, 9.17) is 9.15 Å². The van der Waals surface area contributed by atoms with Crippen LogP contribution in [0.15, 0.2) is 53.1 Å². The number of aromatic nitrogens is 1. The summed E-state index contributed by atoms with van der Waals surface area (Å²) in [6.45, 7) is 1.97. The average Bonchev–Trinajstić information content (AvgIpc) is 3.19. The molecule has 0 saturated heterocycles. The first-order valence-corrected chi connectivity index (χ1v) is 10.7. The number of nitrogens with zero attached hydrogens (tertiary/aromatic N) is 1. The van der Waals surface area contributed by atoms with Crippen molar-refractivity contribution in [3.8, 4) is 11.3 Å². The van der Waals surface area contributed by atoms with Gasteiger partial charge in [0.1, 0.15) is 11.5 Å². The molecule has 1 N–H and O–H groups in total. The molecule has 4 rings (SSSR count). The highest BCUT2D eigenvalue weighted by atomic mass is 19.1. The number of benzene rings is 1. The van der Waals surface area contributed by atoms with Gasteiger partial charge in [0, 0.05) is 23.0 Å². The van der Waals surface area contributed by atoms with Gasteiger partial charge in [-0.15, -0.1) is 0 Å². The van der Waals surface area contributed by atoms with Crippen molar-refractivity contribution in [3.63, 3.8) is 0 Å². The van der Waals surface area contributed by atoms with Crippen LogP contribution in [0.4, 0.5) is 10.1 Å². The van der Waals surface area contributed by atoms with Gasteiger partial charge < -0.3 is 14.5 Å². The molecule has 1 saturated carbocycles. The number of nitrogens with one attached hydrogen (secondary N) is 1. The monoisotopic (exact) mass is 422 g/mol. The molecule has 0 amide bonds. The Morgan fingerprint density at radius 1 is 1.16 bits per heavy atom. The number of anilines is 1. The Morgan fingerprint density at radius 3 is 2.55 bits per heavy atom. The van der Waals surface area contributed by atoms with Crippen molar-refractivity contribution in [2.75, 3.05) is 12.4 Å². The number of carbonyl (C=O) groups is 1. The zero-order valence-corrected chi connectivity index (χ0v) is 17.9. The highest BCUT2D eigenvalue weighted by Gasteiger charge is 2.28. The van der Waals surface area contributed by atoms with Crippen molar-refractivity contribution in [3.05, 3.63) is 71.5 Å². The van der Waals surface area contributed by atoms with Crippen LogP contribution in [-0.2, 0) is 4.74 Å². The van der Waals surface area contributed by atoms with E-state index in [0.29, 0.717) is 17.2 Å². The Balaban J connectivity index is 1.64. The third-order valence-electron chi connectivity index (χ3n) is 6.05. The summed E-state index contributed by atoms with van der Waals surface area (Å²) < 4.78 is 24.1. The summed E-state index contributed by atoms with van der Waals surface area (Å²) in [7, 11) is 1.38. The molecule has 1 atom stereocenters. The van der Waals surface area contributed by atoms with Gasteiger partial charge in [0.25, 0.3) is 0 Å². The molecule has 0 aliphatic heterocycles. The van der Waals surface area contributed by atoms with Gasteiger partial charge in [0.15, 0.2) is 0 Å². The van der Waals surface area contributed by atoms with E-state index in [-0.39, 0.29) is 12.0 Å². The van der Waals surface area contributed by atoms with Crippen molar-refractivity contribution in [1.29, 1.82) is 0 Å². The number of halogens is 1. The topological polar surface area (TPSA) is 64.4 Å². The molecule has 6 heteroatoms. The van der Waals surface area contributed by atoms with Crippen LogP contribution in [-0.4, -0.2) is 18.1 Å². The highest BCUT2D eigenvalue weighted by molar-refractivity contribution is 5.89. The Hall–Kier alpha value is -3.15. The second kappa shape index (κ2) is 9.33. The van der Waals surface area contributed by atoms with Gasteiger partial charge in [-0.2, -0.15) is 4.39 Å². The smallest absolute Gasteiger partial charge is 0.337 e. The molecule has 31 heavy (non-hydrogen) atoms. The Morgan fingerprint density at radius 2 is 1.90 bits per heavy atom. The van der Waals surface area contributed by atoms with Crippen LogP contribution in [0.1, 0.15) is 59.8 Å². The number of aryl methyl sites for hydroxylation is 1. The van der Waals surface area contributed by atoms with Crippen molar-refractivity contribution in [1.82, 2.24) is 4.98 Å². The molecule has 1 fully saturated rings. The Kier molecular flexibility index (Phi) is 6.35. The number of pyridine rings is 1. The Bertz CT molecular complexity index is 1020. The van der Waals surface area contributed by atoms with E-state index < -0.39 is 5.95 Å². The van der Waals surface area contributed by atoms with Crippen LogP contribution >= 0.6 is 0 Å². The minimum Gasteiger partial charge on any atom is -0.465 e. The molecule has 5 nitrogen and oxygen atoms in total. The number of ether oxygens (including phenoxy) is 1. The second-order valence-corrected chi connectivity index (χ2v) is 8.08. The summed E-state index contributed by atoms with van der Waals surface area (Å²) in [5, 5.41) is 3.68. The van der Waals surface area contributed by atoms with E-state index in [2.05, 4.69) is 10.3 Å². The zero-order chi connectivity index (χ0) is 21.8. The predicted molar refractivity (Wildman–Crippen MR) is 117 cm³/mol. The number of methoxy groups -OCH3 is 1. The van der Waals surface area contributed by atoms with E-state index in [1.807, 2.05) is 25.1 Å². The molecule has 1 unspecified atom stereocenters. The fourth-order valence-corrected chi connectivity index (χ4v) is 4.39. The van der Waals surface area contributed by atoms with Gasteiger partial charge in [0.05, 0.1) is 18.7 Å². The number of esters is 1. The molecule has 1 aliphatic rings. The lowest BCUT2D eigenvalue weighted by Gasteiger charge is -2.31. The molecule has 2 heterocycles. The summed E-state index contributed by atoms with van der Waals surface area (Å²) in [6, 6.07) is 12.5. The summed E-state index contributed by atoms with van der Waals surface area (Å²) in [6.07, 6.45) is 7.50. The molecule has 1 aromatic carbocycles. The molecule has 1 aliphatic carbocycles. The SMILES string of the molecule is COC(=O)c1ccc(NC(c2cc(-c3ccc(F)nc3)oc2C)C2CCCCC2)cc1. The van der Waals surface area contributed by atoms with Crippen LogP contribution in [0.25, 0.3) is 11.3 Å². The molecule has 0 spiro atoms. The standard InChI is InChI=1S/C25H27FN2O3/c1-16-21(14-22(31-16)19-10-13-23(26)27-15-19)24(17-6-4-3-5-7-17)28-20-11-8-18(9-12-20)25(29)30-2/h8-15,17,24,28H,3-7H2,1-2H3. The lowest BCUT2D eigenvalue weighted by molar-refractivity contribution is 0.0600. The minimum atomic E-state index is -0.510. The maximum Gasteiger partial charge on any atom is 0.337 e. The molecule has 162 valence electrons. The van der Waals surface area contributed by atoms with E-state index in [0.717, 1.165) is 35.4 Å². The molecule has 0 radical (unpaired) electrons. The summed E-state index contributed by atoms with van der Waals surface area (Å²) in [5.41, 5.74) is 3.31. The van der Waals surface area contributed by atoms with Crippen LogP contribution in [0.5, 0.6) is 0 Å². The number of furan rings is 1. The summed E-state index contributed by atoms with van der Waals surface area (Å²) in [4.78, 5) is 15.5. The summed E-state index contributed by atoms with van der Waals surface area (Å²) in [5.74, 6) is 1.14. The van der Waals surface area contributed by atoms with E-state index in [9.17, 15) is 9.18 Å². The largest absolute Gasteiger partial charge is 0.465 e. The number of carbonyl (C=O) groups excluding carboxylic acids is 1. The lowest BCUT2D eigenvalue weighted by atomic mass is 9.81. The lowest BCUT2D eigenvalue weighted by Crippen LogP contribution is -2.23. The van der Waals surface area contributed by atoms with Crippen LogP contribution < -0.4 is 5.32 Å². The van der Waals surface area contributed by atoms with Crippen molar-refractivity contribution >= 4 is 11.7 Å². The first kappa shape index (κ1) is 21.1. The van der Waals surface area contributed by atoms with Crippen LogP contribution in [0, 0.1) is 18.8 Å². The Labute approximate surface area is 181 Å². The third-order valence-corrected chi connectivity index (χ3v) is 6.05. The first-order chi connectivity index (χ1) is 15.0. The first-order valence-electron chi connectivity index (χ1n) is 10.7. The van der Waals surface area contributed by atoms with Crippen molar-refractivity contribution in [2.45, 2.75) is 45.1 Å². The zero-order valence-electron chi connectivity index (χ0n) is 17.9. The maximum absolute atomic E-state index is 13.2. The minimum absolute atomic E-state index is 0.0789.